The van der Waals surface area contributed by atoms with Crippen LogP contribution in [0.15, 0.2) is 36.5 Å². The van der Waals surface area contributed by atoms with Crippen LogP contribution in [0, 0.1) is 6.92 Å². The van der Waals surface area contributed by atoms with Crippen LogP contribution in [0.25, 0.3) is 10.9 Å². The van der Waals surface area contributed by atoms with Gasteiger partial charge < -0.3 is 15.1 Å². The van der Waals surface area contributed by atoms with Crippen molar-refractivity contribution in [2.24, 2.45) is 0 Å². The molecule has 0 bridgehead atoms. The molecule has 0 radical (unpaired) electrons. The first-order valence-electron chi connectivity index (χ1n) is 11.3. The monoisotopic (exact) mass is 470 g/mol. The molecule has 7 nitrogen and oxygen atoms in total. The Morgan fingerprint density at radius 3 is 2.79 bits per heavy atom. The molecule has 2 saturated heterocycles. The summed E-state index contributed by atoms with van der Waals surface area (Å²) in [6.07, 6.45) is -1.13. The third-order valence-corrected chi connectivity index (χ3v) is 6.70. The third-order valence-electron chi connectivity index (χ3n) is 6.70. The summed E-state index contributed by atoms with van der Waals surface area (Å²) in [4.78, 5) is 20.8. The summed E-state index contributed by atoms with van der Waals surface area (Å²) < 4.78 is 39.5. The van der Waals surface area contributed by atoms with Gasteiger partial charge in [-0.15, -0.1) is 5.10 Å². The van der Waals surface area contributed by atoms with Crippen LogP contribution in [0.2, 0.25) is 0 Å². The maximum atomic E-state index is 13.2. The van der Waals surface area contributed by atoms with Gasteiger partial charge in [-0.3, -0.25) is 9.78 Å². The van der Waals surface area contributed by atoms with Crippen LogP contribution < -0.4 is 10.2 Å². The van der Waals surface area contributed by atoms with E-state index in [2.05, 4.69) is 25.4 Å². The number of anilines is 2. The predicted molar refractivity (Wildman–Crippen MR) is 122 cm³/mol. The van der Waals surface area contributed by atoms with E-state index in [0.717, 1.165) is 42.7 Å². The molecule has 2 fully saturated rings. The van der Waals surface area contributed by atoms with Gasteiger partial charge in [-0.1, -0.05) is 12.1 Å². The van der Waals surface area contributed by atoms with Crippen molar-refractivity contribution in [2.45, 2.75) is 44.9 Å². The average Bonchev–Trinajstić information content (AvgIpc) is 3.20. The highest BCUT2D eigenvalue weighted by Gasteiger charge is 2.35. The molecule has 1 aromatic carbocycles. The number of amides is 1. The second kappa shape index (κ2) is 8.41. The minimum Gasteiger partial charge on any atom is -0.366 e. The van der Waals surface area contributed by atoms with Crippen molar-refractivity contribution >= 4 is 28.3 Å². The standard InChI is InChI=1S/C24H25F3N6O/c1-14(16-4-3-5-17(10-16)24(25,26)27)29-23-20-11-19(12-28-22(20)15(2)30-31-23)32-8-9-33-18(13-32)6-7-21(33)34/h3-5,10-12,14,18H,6-9,13H2,1-2H3,(H,29,31)/t14-,18-/m1/s1. The number of carbonyl (C=O) groups is 1. The fourth-order valence-corrected chi connectivity index (χ4v) is 4.80. The Labute approximate surface area is 195 Å². The normalized spacial score (nSPS) is 19.4. The lowest BCUT2D eigenvalue weighted by Gasteiger charge is -2.38. The maximum absolute atomic E-state index is 13.2. The maximum Gasteiger partial charge on any atom is 0.416 e. The molecular formula is C24H25F3N6O. The molecule has 178 valence electrons. The van der Waals surface area contributed by atoms with E-state index in [1.54, 1.807) is 13.0 Å². The van der Waals surface area contributed by atoms with E-state index in [1.807, 2.05) is 24.1 Å². The molecule has 2 aromatic heterocycles. The number of carbonyl (C=O) groups excluding carboxylic acids is 1. The van der Waals surface area contributed by atoms with E-state index in [0.29, 0.717) is 35.6 Å². The number of benzene rings is 1. The molecule has 34 heavy (non-hydrogen) atoms. The van der Waals surface area contributed by atoms with Gasteiger partial charge >= 0.3 is 6.18 Å². The van der Waals surface area contributed by atoms with Crippen LogP contribution in [-0.2, 0) is 11.0 Å². The van der Waals surface area contributed by atoms with Crippen LogP contribution in [0.5, 0.6) is 0 Å². The minimum atomic E-state index is -4.40. The Kier molecular flexibility index (Phi) is 5.53. The van der Waals surface area contributed by atoms with Gasteiger partial charge in [0.1, 0.15) is 0 Å². The van der Waals surface area contributed by atoms with Crippen LogP contribution in [0.1, 0.15) is 42.6 Å². The summed E-state index contributed by atoms with van der Waals surface area (Å²) in [6.45, 7) is 5.77. The Bertz CT molecular complexity index is 1250. The number of fused-ring (bicyclic) bond motifs is 2. The lowest BCUT2D eigenvalue weighted by Crippen LogP contribution is -2.51. The number of alkyl halides is 3. The predicted octanol–water partition coefficient (Wildman–Crippen LogP) is 4.34. The number of hydrogen-bond donors (Lipinski definition) is 1. The molecule has 5 rings (SSSR count). The molecule has 0 unspecified atom stereocenters. The SMILES string of the molecule is Cc1nnc(N[C@H](C)c2cccc(C(F)(F)F)c2)c2cc(N3CCN4C(=O)CC[C@@H]4C3)cnc12. The number of hydrogen-bond acceptors (Lipinski definition) is 6. The molecule has 2 aliphatic rings. The topological polar surface area (TPSA) is 74.2 Å². The van der Waals surface area contributed by atoms with Crippen molar-refractivity contribution in [3.05, 3.63) is 53.3 Å². The van der Waals surface area contributed by atoms with Crippen LogP contribution in [0.3, 0.4) is 0 Å². The number of rotatable bonds is 4. The second-order valence-electron chi connectivity index (χ2n) is 8.94. The molecule has 0 spiro atoms. The lowest BCUT2D eigenvalue weighted by molar-refractivity contribution is -0.137. The lowest BCUT2D eigenvalue weighted by atomic mass is 10.0. The molecule has 1 N–H and O–H groups in total. The summed E-state index contributed by atoms with van der Waals surface area (Å²) in [5.41, 5.74) is 2.09. The highest BCUT2D eigenvalue weighted by molar-refractivity contribution is 5.92. The van der Waals surface area contributed by atoms with Crippen LogP contribution in [0.4, 0.5) is 24.7 Å². The molecule has 0 saturated carbocycles. The first-order chi connectivity index (χ1) is 16.2. The Hall–Kier alpha value is -3.43. The van der Waals surface area contributed by atoms with Gasteiger partial charge in [-0.05, 0) is 44.0 Å². The fourth-order valence-electron chi connectivity index (χ4n) is 4.80. The molecule has 3 aromatic rings. The van der Waals surface area contributed by atoms with Crippen molar-refractivity contribution in [2.75, 3.05) is 29.9 Å². The van der Waals surface area contributed by atoms with Crippen molar-refractivity contribution in [1.29, 1.82) is 0 Å². The third kappa shape index (κ3) is 4.12. The molecule has 1 amide bonds. The summed E-state index contributed by atoms with van der Waals surface area (Å²) in [7, 11) is 0. The summed E-state index contributed by atoms with van der Waals surface area (Å²) >= 11 is 0. The van der Waals surface area contributed by atoms with E-state index in [1.165, 1.54) is 6.07 Å². The molecule has 2 aliphatic heterocycles. The molecule has 2 atom stereocenters. The van der Waals surface area contributed by atoms with Crippen molar-refractivity contribution < 1.29 is 18.0 Å². The molecule has 10 heteroatoms. The van der Waals surface area contributed by atoms with E-state index in [9.17, 15) is 18.0 Å². The number of aryl methyl sites for hydroxylation is 1. The summed E-state index contributed by atoms with van der Waals surface area (Å²) in [6, 6.07) is 7.05. The van der Waals surface area contributed by atoms with Crippen molar-refractivity contribution in [3.63, 3.8) is 0 Å². The summed E-state index contributed by atoms with van der Waals surface area (Å²) in [5.74, 6) is 0.691. The summed E-state index contributed by atoms with van der Waals surface area (Å²) in [5, 5.41) is 12.5. The van der Waals surface area contributed by atoms with E-state index >= 15 is 0 Å². The number of aromatic nitrogens is 3. The number of pyridine rings is 1. The van der Waals surface area contributed by atoms with Gasteiger partial charge in [0.25, 0.3) is 0 Å². The number of halogens is 3. The highest BCUT2D eigenvalue weighted by Crippen LogP contribution is 2.33. The quantitative estimate of drug-likeness (QED) is 0.612. The minimum absolute atomic E-state index is 0.216. The number of nitrogens with zero attached hydrogens (tertiary/aromatic N) is 5. The number of nitrogens with one attached hydrogen (secondary N) is 1. The van der Waals surface area contributed by atoms with E-state index < -0.39 is 17.8 Å². The Morgan fingerprint density at radius 2 is 2.00 bits per heavy atom. The van der Waals surface area contributed by atoms with Gasteiger partial charge in [0.15, 0.2) is 5.82 Å². The van der Waals surface area contributed by atoms with Crippen molar-refractivity contribution in [3.8, 4) is 0 Å². The Balaban J connectivity index is 1.44. The first kappa shape index (κ1) is 22.4. The van der Waals surface area contributed by atoms with Gasteiger partial charge in [0.2, 0.25) is 5.91 Å². The van der Waals surface area contributed by atoms with Gasteiger partial charge in [-0.25, -0.2) is 0 Å². The average molecular weight is 470 g/mol. The van der Waals surface area contributed by atoms with Gasteiger partial charge in [0.05, 0.1) is 34.7 Å². The zero-order chi connectivity index (χ0) is 24.0. The molecular weight excluding hydrogens is 445 g/mol. The van der Waals surface area contributed by atoms with Crippen molar-refractivity contribution in [1.82, 2.24) is 20.1 Å². The van der Waals surface area contributed by atoms with Crippen LogP contribution >= 0.6 is 0 Å². The zero-order valence-electron chi connectivity index (χ0n) is 18.9. The smallest absolute Gasteiger partial charge is 0.366 e. The first-order valence-corrected chi connectivity index (χ1v) is 11.3. The van der Waals surface area contributed by atoms with E-state index in [-0.39, 0.29) is 11.9 Å². The van der Waals surface area contributed by atoms with Gasteiger partial charge in [0, 0.05) is 37.5 Å². The second-order valence-corrected chi connectivity index (χ2v) is 8.94. The van der Waals surface area contributed by atoms with E-state index in [4.69, 9.17) is 0 Å². The molecule has 0 aliphatic carbocycles. The highest BCUT2D eigenvalue weighted by atomic mass is 19.4. The van der Waals surface area contributed by atoms with Gasteiger partial charge in [-0.2, -0.15) is 18.3 Å². The fraction of sp³-hybridized carbons (Fsp3) is 0.417. The number of piperazine rings is 1. The largest absolute Gasteiger partial charge is 0.416 e. The molecule has 4 heterocycles. The Morgan fingerprint density at radius 1 is 1.18 bits per heavy atom. The van der Waals surface area contributed by atoms with Crippen LogP contribution in [-0.4, -0.2) is 51.7 Å². The zero-order valence-corrected chi connectivity index (χ0v) is 18.9.